The fourth-order valence-electron chi connectivity index (χ4n) is 2.12. The third-order valence-corrected chi connectivity index (χ3v) is 3.84. The van der Waals surface area contributed by atoms with E-state index in [2.05, 4.69) is 4.98 Å². The maximum Gasteiger partial charge on any atom is 0.278 e. The van der Waals surface area contributed by atoms with E-state index in [0.717, 1.165) is 15.9 Å². The number of halogens is 1. The molecule has 2 heterocycles. The predicted octanol–water partition coefficient (Wildman–Crippen LogP) is 2.51. The van der Waals surface area contributed by atoms with Gasteiger partial charge < -0.3 is 10.3 Å². The highest BCUT2D eigenvalue weighted by molar-refractivity contribution is 7.13. The van der Waals surface area contributed by atoms with E-state index < -0.39 is 0 Å². The number of aromatic nitrogens is 2. The quantitative estimate of drug-likeness (QED) is 0.809. The van der Waals surface area contributed by atoms with Gasteiger partial charge in [-0.05, 0) is 23.6 Å². The molecule has 3 aromatic rings. The van der Waals surface area contributed by atoms with Crippen molar-refractivity contribution in [2.45, 2.75) is 6.54 Å². The zero-order valence-corrected chi connectivity index (χ0v) is 12.3. The molecule has 3 rings (SSSR count). The number of nitrogens with two attached hydrogens (primary N) is 1. The minimum absolute atomic E-state index is 0. The van der Waals surface area contributed by atoms with Crippen molar-refractivity contribution in [2.24, 2.45) is 5.73 Å². The van der Waals surface area contributed by atoms with E-state index in [1.165, 1.54) is 11.3 Å². The highest BCUT2D eigenvalue weighted by atomic mass is 35.5. The Kier molecular flexibility index (Phi) is 4.54. The molecule has 0 saturated heterocycles. The number of benzene rings is 1. The van der Waals surface area contributed by atoms with Gasteiger partial charge in [0, 0.05) is 13.1 Å². The largest absolute Gasteiger partial charge is 0.329 e. The van der Waals surface area contributed by atoms with Gasteiger partial charge in [-0.25, -0.2) is 4.98 Å². The third kappa shape index (κ3) is 2.47. The number of thiophene rings is 1. The minimum atomic E-state index is -0.0772. The second-order valence-electron chi connectivity index (χ2n) is 4.17. The van der Waals surface area contributed by atoms with Crippen molar-refractivity contribution in [3.63, 3.8) is 0 Å². The van der Waals surface area contributed by atoms with Crippen LogP contribution in [0.4, 0.5) is 0 Å². The Morgan fingerprint density at radius 1 is 1.20 bits per heavy atom. The number of rotatable bonds is 3. The summed E-state index contributed by atoms with van der Waals surface area (Å²) < 4.78 is 1.71. The molecule has 6 heteroatoms. The molecule has 0 amide bonds. The zero-order valence-electron chi connectivity index (χ0n) is 10.7. The fourth-order valence-corrected chi connectivity index (χ4v) is 2.82. The molecule has 0 fully saturated rings. The normalized spacial score (nSPS) is 10.4. The van der Waals surface area contributed by atoms with Gasteiger partial charge in [0.1, 0.15) is 5.69 Å². The first-order chi connectivity index (χ1) is 9.31. The number of nitrogens with zero attached hydrogens (tertiary/aromatic N) is 2. The predicted molar refractivity (Wildman–Crippen MR) is 85.6 cm³/mol. The van der Waals surface area contributed by atoms with Crippen LogP contribution in [0.15, 0.2) is 46.6 Å². The van der Waals surface area contributed by atoms with Crippen LogP contribution in [0.25, 0.3) is 21.6 Å². The molecule has 0 aliphatic rings. The smallest absolute Gasteiger partial charge is 0.278 e. The molecule has 4 nitrogen and oxygen atoms in total. The summed E-state index contributed by atoms with van der Waals surface area (Å²) in [7, 11) is 0. The van der Waals surface area contributed by atoms with Crippen LogP contribution in [0.3, 0.4) is 0 Å². The van der Waals surface area contributed by atoms with E-state index in [0.29, 0.717) is 18.8 Å². The molecule has 104 valence electrons. The van der Waals surface area contributed by atoms with Crippen molar-refractivity contribution in [1.82, 2.24) is 9.55 Å². The topological polar surface area (TPSA) is 60.9 Å². The maximum absolute atomic E-state index is 12.5. The molecule has 20 heavy (non-hydrogen) atoms. The Balaban J connectivity index is 0.00000147. The van der Waals surface area contributed by atoms with Crippen LogP contribution in [0.1, 0.15) is 0 Å². The molecule has 0 radical (unpaired) electrons. The summed E-state index contributed by atoms with van der Waals surface area (Å²) in [5, 5.41) is 1.94. The van der Waals surface area contributed by atoms with Crippen LogP contribution in [0, 0.1) is 0 Å². The summed E-state index contributed by atoms with van der Waals surface area (Å²) >= 11 is 1.52. The Bertz CT molecular complexity index is 768. The molecule has 0 saturated carbocycles. The lowest BCUT2D eigenvalue weighted by atomic mass is 10.2. The lowest BCUT2D eigenvalue weighted by molar-refractivity contribution is 0.705. The van der Waals surface area contributed by atoms with Crippen LogP contribution in [0.5, 0.6) is 0 Å². The van der Waals surface area contributed by atoms with Crippen molar-refractivity contribution in [3.05, 3.63) is 52.1 Å². The monoisotopic (exact) mass is 307 g/mol. The van der Waals surface area contributed by atoms with E-state index in [4.69, 9.17) is 5.73 Å². The van der Waals surface area contributed by atoms with Gasteiger partial charge in [-0.1, -0.05) is 18.2 Å². The van der Waals surface area contributed by atoms with Gasteiger partial charge in [-0.3, -0.25) is 4.79 Å². The summed E-state index contributed by atoms with van der Waals surface area (Å²) in [5.41, 5.74) is 7.69. The molecule has 0 atom stereocenters. The molecule has 0 aliphatic carbocycles. The summed E-state index contributed by atoms with van der Waals surface area (Å²) in [6.45, 7) is 0.929. The number of hydrogen-bond donors (Lipinski definition) is 1. The van der Waals surface area contributed by atoms with Gasteiger partial charge in [0.15, 0.2) is 0 Å². The van der Waals surface area contributed by atoms with Gasteiger partial charge in [0.05, 0.1) is 15.9 Å². The summed E-state index contributed by atoms with van der Waals surface area (Å²) in [5.74, 6) is 0. The Morgan fingerprint density at radius 3 is 2.70 bits per heavy atom. The van der Waals surface area contributed by atoms with E-state index in [9.17, 15) is 4.79 Å². The standard InChI is InChI=1S/C14H13N3OS.ClH/c15-7-8-17-11-5-2-1-4-10(11)16-13(14(17)18)12-6-3-9-19-12;/h1-6,9H,7-8,15H2;1H. The molecular weight excluding hydrogens is 294 g/mol. The van der Waals surface area contributed by atoms with Crippen LogP contribution < -0.4 is 11.3 Å². The average molecular weight is 308 g/mol. The highest BCUT2D eigenvalue weighted by Crippen LogP contribution is 2.21. The summed E-state index contributed by atoms with van der Waals surface area (Å²) in [6, 6.07) is 11.5. The first kappa shape index (κ1) is 14.7. The van der Waals surface area contributed by atoms with E-state index in [1.54, 1.807) is 4.57 Å². The Labute approximate surface area is 126 Å². The molecular formula is C14H14ClN3OS. The lowest BCUT2D eigenvalue weighted by Gasteiger charge is -2.10. The number of fused-ring (bicyclic) bond motifs is 1. The molecule has 0 spiro atoms. The van der Waals surface area contributed by atoms with Crippen molar-refractivity contribution in [2.75, 3.05) is 6.54 Å². The number of hydrogen-bond acceptors (Lipinski definition) is 4. The molecule has 2 N–H and O–H groups in total. The van der Waals surface area contributed by atoms with E-state index in [1.807, 2.05) is 41.8 Å². The highest BCUT2D eigenvalue weighted by Gasteiger charge is 2.12. The van der Waals surface area contributed by atoms with Crippen molar-refractivity contribution < 1.29 is 0 Å². The SMILES string of the molecule is Cl.NCCn1c(=O)c(-c2cccs2)nc2ccccc21. The van der Waals surface area contributed by atoms with Crippen LogP contribution in [-0.2, 0) is 6.54 Å². The Hall–Kier alpha value is -1.69. The van der Waals surface area contributed by atoms with Crippen molar-refractivity contribution >= 4 is 34.8 Å². The lowest BCUT2D eigenvalue weighted by Crippen LogP contribution is -2.26. The summed E-state index contributed by atoms with van der Waals surface area (Å²) in [6.07, 6.45) is 0. The molecule has 0 aliphatic heterocycles. The molecule has 1 aromatic carbocycles. The van der Waals surface area contributed by atoms with Crippen LogP contribution >= 0.6 is 23.7 Å². The first-order valence-electron chi connectivity index (χ1n) is 6.05. The Morgan fingerprint density at radius 2 is 2.00 bits per heavy atom. The van der Waals surface area contributed by atoms with Gasteiger partial charge in [-0.2, -0.15) is 0 Å². The zero-order chi connectivity index (χ0) is 13.2. The van der Waals surface area contributed by atoms with Gasteiger partial charge in [0.25, 0.3) is 5.56 Å². The van der Waals surface area contributed by atoms with Gasteiger partial charge in [-0.15, -0.1) is 23.7 Å². The minimum Gasteiger partial charge on any atom is -0.329 e. The third-order valence-electron chi connectivity index (χ3n) is 2.96. The van der Waals surface area contributed by atoms with Crippen LogP contribution in [-0.4, -0.2) is 16.1 Å². The van der Waals surface area contributed by atoms with Crippen LogP contribution in [0.2, 0.25) is 0 Å². The first-order valence-corrected chi connectivity index (χ1v) is 6.93. The molecule has 2 aromatic heterocycles. The van der Waals surface area contributed by atoms with Crippen molar-refractivity contribution in [1.29, 1.82) is 0 Å². The number of para-hydroxylation sites is 2. The van der Waals surface area contributed by atoms with Gasteiger partial charge >= 0.3 is 0 Å². The average Bonchev–Trinajstić information content (AvgIpc) is 2.95. The fraction of sp³-hybridized carbons (Fsp3) is 0.143. The van der Waals surface area contributed by atoms with Crippen molar-refractivity contribution in [3.8, 4) is 10.6 Å². The molecule has 0 unspecified atom stereocenters. The summed E-state index contributed by atoms with van der Waals surface area (Å²) in [4.78, 5) is 17.9. The second kappa shape index (κ2) is 6.17. The molecule has 0 bridgehead atoms. The van der Waals surface area contributed by atoms with Gasteiger partial charge in [0.2, 0.25) is 0 Å². The van der Waals surface area contributed by atoms with E-state index >= 15 is 0 Å². The maximum atomic E-state index is 12.5. The van der Waals surface area contributed by atoms with E-state index in [-0.39, 0.29) is 18.0 Å². The second-order valence-corrected chi connectivity index (χ2v) is 5.12.